The van der Waals surface area contributed by atoms with E-state index in [1.54, 1.807) is 31.4 Å². The molecule has 21 heavy (non-hydrogen) atoms. The Balaban J connectivity index is 2.29. The number of methoxy groups -OCH3 is 1. The van der Waals surface area contributed by atoms with Crippen molar-refractivity contribution in [2.75, 3.05) is 13.7 Å². The quantitative estimate of drug-likeness (QED) is 0.861. The molecule has 0 saturated heterocycles. The number of aliphatic hydroxyl groups excluding tert-OH is 1. The van der Waals surface area contributed by atoms with Crippen LogP contribution in [0.1, 0.15) is 17.2 Å². The molecule has 2 aromatic rings. The number of hydrogen-bond acceptors (Lipinski definition) is 4. The Morgan fingerprint density at radius 1 is 1.19 bits per heavy atom. The van der Waals surface area contributed by atoms with Gasteiger partial charge in [0.05, 0.1) is 13.7 Å². The summed E-state index contributed by atoms with van der Waals surface area (Å²) in [5.74, 6) is 1.11. The topological polar surface area (TPSA) is 64.7 Å². The van der Waals surface area contributed by atoms with E-state index in [4.69, 9.17) is 31.9 Å². The fourth-order valence-corrected chi connectivity index (χ4v) is 2.29. The van der Waals surface area contributed by atoms with Crippen molar-refractivity contribution in [3.63, 3.8) is 0 Å². The average molecular weight is 308 g/mol. The van der Waals surface area contributed by atoms with Crippen molar-refractivity contribution in [1.29, 1.82) is 0 Å². The summed E-state index contributed by atoms with van der Waals surface area (Å²) in [5.41, 5.74) is 7.38. The second-order valence-electron chi connectivity index (χ2n) is 4.51. The molecule has 4 nitrogen and oxygen atoms in total. The molecule has 112 valence electrons. The molecule has 0 aliphatic rings. The van der Waals surface area contributed by atoms with Crippen LogP contribution in [-0.4, -0.2) is 18.8 Å². The van der Waals surface area contributed by atoms with Crippen molar-refractivity contribution in [1.82, 2.24) is 0 Å². The van der Waals surface area contributed by atoms with Gasteiger partial charge in [-0.1, -0.05) is 35.9 Å². The van der Waals surface area contributed by atoms with Gasteiger partial charge in [-0.25, -0.2) is 0 Å². The van der Waals surface area contributed by atoms with E-state index in [1.807, 2.05) is 18.2 Å². The lowest BCUT2D eigenvalue weighted by Crippen LogP contribution is -2.19. The van der Waals surface area contributed by atoms with E-state index < -0.39 is 0 Å². The number of benzene rings is 2. The molecule has 5 heteroatoms. The molecule has 1 unspecified atom stereocenters. The van der Waals surface area contributed by atoms with E-state index in [-0.39, 0.29) is 19.3 Å². The molecule has 1 atom stereocenters. The van der Waals surface area contributed by atoms with Gasteiger partial charge in [-0.2, -0.15) is 0 Å². The van der Waals surface area contributed by atoms with Crippen LogP contribution in [-0.2, 0) is 6.61 Å². The van der Waals surface area contributed by atoms with Gasteiger partial charge in [-0.15, -0.1) is 0 Å². The number of aliphatic hydroxyl groups is 1. The van der Waals surface area contributed by atoms with Crippen LogP contribution in [0.4, 0.5) is 0 Å². The zero-order valence-electron chi connectivity index (χ0n) is 11.8. The number of halogens is 1. The molecule has 0 heterocycles. The van der Waals surface area contributed by atoms with E-state index in [2.05, 4.69) is 0 Å². The fourth-order valence-electron chi connectivity index (χ4n) is 2.04. The smallest absolute Gasteiger partial charge is 0.162 e. The Morgan fingerprint density at radius 2 is 1.95 bits per heavy atom. The first-order valence-corrected chi connectivity index (χ1v) is 6.96. The van der Waals surface area contributed by atoms with Crippen LogP contribution in [0.3, 0.4) is 0 Å². The molecule has 0 saturated carbocycles. The minimum Gasteiger partial charge on any atom is -0.493 e. The van der Waals surface area contributed by atoms with Crippen LogP contribution in [0.25, 0.3) is 0 Å². The second-order valence-corrected chi connectivity index (χ2v) is 4.91. The first kappa shape index (κ1) is 15.6. The molecular weight excluding hydrogens is 290 g/mol. The molecular formula is C16H18ClNO3. The van der Waals surface area contributed by atoms with E-state index in [9.17, 15) is 0 Å². The Bertz CT molecular complexity index is 604. The lowest BCUT2D eigenvalue weighted by molar-refractivity contribution is 0.204. The van der Waals surface area contributed by atoms with Crippen molar-refractivity contribution < 1.29 is 14.6 Å². The molecule has 0 fully saturated rings. The highest BCUT2D eigenvalue weighted by atomic mass is 35.5. The van der Waals surface area contributed by atoms with Crippen LogP contribution in [0.2, 0.25) is 5.02 Å². The fraction of sp³-hybridized carbons (Fsp3) is 0.250. The third-order valence-electron chi connectivity index (χ3n) is 3.15. The van der Waals surface area contributed by atoms with Gasteiger partial charge < -0.3 is 20.3 Å². The maximum absolute atomic E-state index is 9.16. The van der Waals surface area contributed by atoms with Crippen molar-refractivity contribution in [2.45, 2.75) is 12.7 Å². The predicted molar refractivity (Wildman–Crippen MR) is 82.8 cm³/mol. The van der Waals surface area contributed by atoms with Crippen LogP contribution in [0.15, 0.2) is 42.5 Å². The van der Waals surface area contributed by atoms with E-state index in [0.29, 0.717) is 16.5 Å². The minimum atomic E-state index is -0.368. The Morgan fingerprint density at radius 3 is 2.57 bits per heavy atom. The van der Waals surface area contributed by atoms with Crippen LogP contribution in [0.5, 0.6) is 11.5 Å². The maximum Gasteiger partial charge on any atom is 0.162 e. The van der Waals surface area contributed by atoms with Gasteiger partial charge in [0, 0.05) is 17.1 Å². The second kappa shape index (κ2) is 7.31. The van der Waals surface area contributed by atoms with Gasteiger partial charge in [0.2, 0.25) is 0 Å². The summed E-state index contributed by atoms with van der Waals surface area (Å²) >= 11 is 6.19. The largest absolute Gasteiger partial charge is 0.493 e. The summed E-state index contributed by atoms with van der Waals surface area (Å²) < 4.78 is 11.2. The summed E-state index contributed by atoms with van der Waals surface area (Å²) in [4.78, 5) is 0. The Labute approximate surface area is 129 Å². The van der Waals surface area contributed by atoms with Gasteiger partial charge >= 0.3 is 0 Å². The maximum atomic E-state index is 9.16. The van der Waals surface area contributed by atoms with Crippen molar-refractivity contribution in [3.8, 4) is 11.5 Å². The Hall–Kier alpha value is -1.75. The summed E-state index contributed by atoms with van der Waals surface area (Å²) in [6, 6.07) is 12.7. The van der Waals surface area contributed by atoms with E-state index in [0.717, 1.165) is 11.1 Å². The highest BCUT2D eigenvalue weighted by Crippen LogP contribution is 2.33. The molecule has 0 aliphatic carbocycles. The van der Waals surface area contributed by atoms with Crippen molar-refractivity contribution in [3.05, 3.63) is 58.6 Å². The van der Waals surface area contributed by atoms with Crippen LogP contribution < -0.4 is 15.2 Å². The van der Waals surface area contributed by atoms with Gasteiger partial charge in [0.15, 0.2) is 11.5 Å². The highest BCUT2D eigenvalue weighted by Gasteiger charge is 2.17. The van der Waals surface area contributed by atoms with Gasteiger partial charge in [-0.3, -0.25) is 0 Å². The van der Waals surface area contributed by atoms with Crippen molar-refractivity contribution >= 4 is 11.6 Å². The molecule has 0 aliphatic heterocycles. The summed E-state index contributed by atoms with van der Waals surface area (Å²) in [7, 11) is 1.55. The summed E-state index contributed by atoms with van der Waals surface area (Å²) in [5, 5.41) is 9.77. The molecule has 2 aromatic carbocycles. The molecule has 0 spiro atoms. The van der Waals surface area contributed by atoms with Gasteiger partial charge in [0.25, 0.3) is 0 Å². The molecule has 0 radical (unpaired) electrons. The highest BCUT2D eigenvalue weighted by molar-refractivity contribution is 6.31. The first-order chi connectivity index (χ1) is 10.2. The SMILES string of the molecule is COc1cc(CO)ccc1OC(CN)c1ccccc1Cl. The molecule has 0 amide bonds. The number of rotatable bonds is 6. The van der Waals surface area contributed by atoms with Crippen molar-refractivity contribution in [2.24, 2.45) is 5.73 Å². The lowest BCUT2D eigenvalue weighted by Gasteiger charge is -2.20. The zero-order valence-corrected chi connectivity index (χ0v) is 12.5. The third-order valence-corrected chi connectivity index (χ3v) is 3.49. The summed E-state index contributed by atoms with van der Waals surface area (Å²) in [6.45, 7) is 0.232. The van der Waals surface area contributed by atoms with Crippen LogP contribution >= 0.6 is 11.6 Å². The average Bonchev–Trinajstić information content (AvgIpc) is 2.53. The van der Waals surface area contributed by atoms with Gasteiger partial charge in [-0.05, 0) is 23.8 Å². The standard InChI is InChI=1S/C16H18ClNO3/c1-20-15-8-11(10-19)6-7-14(15)21-16(9-18)12-4-2-3-5-13(12)17/h2-8,16,19H,9-10,18H2,1H3. The lowest BCUT2D eigenvalue weighted by atomic mass is 10.1. The Kier molecular flexibility index (Phi) is 5.44. The van der Waals surface area contributed by atoms with Gasteiger partial charge in [0.1, 0.15) is 6.10 Å². The predicted octanol–water partition coefficient (Wildman–Crippen LogP) is 2.92. The molecule has 0 bridgehead atoms. The normalized spacial score (nSPS) is 12.0. The van der Waals surface area contributed by atoms with Crippen LogP contribution in [0, 0.1) is 0 Å². The number of hydrogen-bond donors (Lipinski definition) is 2. The third kappa shape index (κ3) is 3.67. The number of ether oxygens (including phenoxy) is 2. The van der Waals surface area contributed by atoms with E-state index >= 15 is 0 Å². The van der Waals surface area contributed by atoms with E-state index in [1.165, 1.54) is 0 Å². The zero-order chi connectivity index (χ0) is 15.2. The molecule has 2 rings (SSSR count). The first-order valence-electron chi connectivity index (χ1n) is 6.58. The number of nitrogens with two attached hydrogens (primary N) is 1. The monoisotopic (exact) mass is 307 g/mol. The summed E-state index contributed by atoms with van der Waals surface area (Å²) in [6.07, 6.45) is -0.368. The molecule has 0 aromatic heterocycles. The minimum absolute atomic E-state index is 0.0541. The molecule has 3 N–H and O–H groups in total.